The van der Waals surface area contributed by atoms with Crippen molar-refractivity contribution in [1.29, 1.82) is 0 Å². The predicted octanol–water partition coefficient (Wildman–Crippen LogP) is 4.02. The van der Waals surface area contributed by atoms with E-state index in [1.807, 2.05) is 39.8 Å². The van der Waals surface area contributed by atoms with Crippen molar-refractivity contribution in [3.05, 3.63) is 42.2 Å². The zero-order valence-electron chi connectivity index (χ0n) is 24.9. The van der Waals surface area contributed by atoms with E-state index in [-0.39, 0.29) is 12.1 Å². The van der Waals surface area contributed by atoms with Crippen LogP contribution in [0.1, 0.15) is 50.9 Å². The van der Waals surface area contributed by atoms with Crippen molar-refractivity contribution in [2.45, 2.75) is 52.2 Å². The van der Waals surface area contributed by atoms with Gasteiger partial charge >= 0.3 is 6.09 Å². The number of rotatable bonds is 7. The molecular formula is C31H41N7O4. The molecule has 2 aliphatic rings. The molecule has 224 valence electrons. The van der Waals surface area contributed by atoms with E-state index in [2.05, 4.69) is 37.6 Å². The molecule has 0 unspecified atom stereocenters. The maximum atomic E-state index is 12.7. The summed E-state index contributed by atoms with van der Waals surface area (Å²) >= 11 is 0. The zero-order valence-corrected chi connectivity index (χ0v) is 24.9. The molecule has 2 aliphatic heterocycles. The van der Waals surface area contributed by atoms with Gasteiger partial charge in [0.15, 0.2) is 0 Å². The van der Waals surface area contributed by atoms with Crippen molar-refractivity contribution >= 4 is 34.4 Å². The molecule has 0 aliphatic carbocycles. The van der Waals surface area contributed by atoms with Gasteiger partial charge in [-0.1, -0.05) is 0 Å². The standard InChI is InChI=1S/C31H41N7O4/c1-5-41-26-17-22(37-13-10-33-11-14-37)8-9-23(26)20-15-24(28(32)39)27-25(16-20)29(35-19-34-27)36-21-7-6-12-38(18-21)30(40)42-31(2,3)4/h8-9,15-17,19,21,33H,5-7,10-14,18H2,1-4H3,(H2,32,39)(H,34,35,36)/t21-/m0/s1. The van der Waals surface area contributed by atoms with Crippen LogP contribution in [0.4, 0.5) is 16.3 Å². The number of benzene rings is 2. The summed E-state index contributed by atoms with van der Waals surface area (Å²) in [5.74, 6) is 0.737. The number of nitrogens with one attached hydrogen (secondary N) is 2. The number of carbonyl (C=O) groups is 2. The summed E-state index contributed by atoms with van der Waals surface area (Å²) in [6.45, 7) is 12.9. The molecule has 0 spiro atoms. The summed E-state index contributed by atoms with van der Waals surface area (Å²) in [6.07, 6.45) is 2.79. The van der Waals surface area contributed by atoms with Crippen LogP contribution in [0.25, 0.3) is 22.0 Å². The van der Waals surface area contributed by atoms with E-state index >= 15 is 0 Å². The summed E-state index contributed by atoms with van der Waals surface area (Å²) in [4.78, 5) is 38.4. The molecule has 42 heavy (non-hydrogen) atoms. The number of carbonyl (C=O) groups excluding carboxylic acids is 2. The first-order valence-electron chi connectivity index (χ1n) is 14.7. The van der Waals surface area contributed by atoms with Crippen molar-refractivity contribution < 1.29 is 19.1 Å². The van der Waals surface area contributed by atoms with Gasteiger partial charge in [0.05, 0.1) is 17.7 Å². The van der Waals surface area contributed by atoms with Crippen LogP contribution in [0.5, 0.6) is 5.75 Å². The topological polar surface area (TPSA) is 135 Å². The first kappa shape index (κ1) is 29.4. The second-order valence-corrected chi connectivity index (χ2v) is 11.8. The maximum absolute atomic E-state index is 12.7. The molecule has 11 heteroatoms. The van der Waals surface area contributed by atoms with Gasteiger partial charge < -0.3 is 35.6 Å². The van der Waals surface area contributed by atoms with Crippen LogP contribution >= 0.6 is 0 Å². The number of fused-ring (bicyclic) bond motifs is 1. The van der Waals surface area contributed by atoms with Crippen molar-refractivity contribution in [2.24, 2.45) is 5.73 Å². The molecule has 2 saturated heterocycles. The Kier molecular flexibility index (Phi) is 8.67. The average molecular weight is 576 g/mol. The molecule has 4 N–H and O–H groups in total. The third-order valence-corrected chi connectivity index (χ3v) is 7.48. The molecule has 1 aromatic heterocycles. The molecule has 0 radical (unpaired) electrons. The van der Waals surface area contributed by atoms with Gasteiger partial charge in [0.2, 0.25) is 0 Å². The molecule has 1 atom stereocenters. The zero-order chi connectivity index (χ0) is 29.9. The summed E-state index contributed by atoms with van der Waals surface area (Å²) in [6, 6.07) is 9.88. The van der Waals surface area contributed by atoms with Crippen molar-refractivity contribution in [3.8, 4) is 16.9 Å². The molecule has 0 saturated carbocycles. The van der Waals surface area contributed by atoms with Gasteiger partial charge in [-0.05, 0) is 70.4 Å². The lowest BCUT2D eigenvalue weighted by molar-refractivity contribution is 0.0206. The Hall–Kier alpha value is -4.12. The van der Waals surface area contributed by atoms with Crippen LogP contribution in [0, 0.1) is 0 Å². The number of nitrogens with zero attached hydrogens (tertiary/aromatic N) is 4. The fourth-order valence-electron chi connectivity index (χ4n) is 5.55. The molecule has 0 bridgehead atoms. The smallest absolute Gasteiger partial charge is 0.410 e. The van der Waals surface area contributed by atoms with Crippen molar-refractivity contribution in [2.75, 3.05) is 56.1 Å². The van der Waals surface area contributed by atoms with Gasteiger partial charge in [-0.15, -0.1) is 0 Å². The van der Waals surface area contributed by atoms with Crippen LogP contribution in [0.2, 0.25) is 0 Å². The normalized spacial score (nSPS) is 17.7. The van der Waals surface area contributed by atoms with Crippen LogP contribution in [-0.4, -0.2) is 84.4 Å². The van der Waals surface area contributed by atoms with Gasteiger partial charge in [-0.3, -0.25) is 4.79 Å². The van der Waals surface area contributed by atoms with Crippen molar-refractivity contribution in [1.82, 2.24) is 20.2 Å². The maximum Gasteiger partial charge on any atom is 0.410 e. The predicted molar refractivity (Wildman–Crippen MR) is 164 cm³/mol. The fraction of sp³-hybridized carbons (Fsp3) is 0.484. The summed E-state index contributed by atoms with van der Waals surface area (Å²) < 4.78 is 11.7. The van der Waals surface area contributed by atoms with Crippen LogP contribution in [0.15, 0.2) is 36.7 Å². The number of nitrogens with two attached hydrogens (primary N) is 1. The minimum Gasteiger partial charge on any atom is -0.493 e. The number of aromatic nitrogens is 2. The number of anilines is 2. The molecule has 5 rings (SSSR count). The third kappa shape index (κ3) is 6.67. The SMILES string of the molecule is CCOc1cc(N2CCNCC2)ccc1-c1cc(C(N)=O)c2ncnc(N[C@H]3CCCN(C(=O)OC(C)(C)C)C3)c2c1. The largest absolute Gasteiger partial charge is 0.493 e. The minimum absolute atomic E-state index is 0.0534. The Morgan fingerprint density at radius 1 is 1.12 bits per heavy atom. The second-order valence-electron chi connectivity index (χ2n) is 11.8. The Bertz CT molecular complexity index is 1450. The Morgan fingerprint density at radius 3 is 2.62 bits per heavy atom. The van der Waals surface area contributed by atoms with Gasteiger partial charge in [0.1, 0.15) is 23.5 Å². The number of piperidine rings is 1. The summed E-state index contributed by atoms with van der Waals surface area (Å²) in [5, 5.41) is 7.57. The lowest BCUT2D eigenvalue weighted by Gasteiger charge is -2.34. The van der Waals surface area contributed by atoms with Crippen LogP contribution in [0.3, 0.4) is 0 Å². The number of primary amides is 1. The number of piperazine rings is 1. The lowest BCUT2D eigenvalue weighted by Crippen LogP contribution is -2.47. The molecule has 2 aromatic carbocycles. The number of hydrogen-bond donors (Lipinski definition) is 3. The number of amides is 2. The highest BCUT2D eigenvalue weighted by atomic mass is 16.6. The minimum atomic E-state index is -0.573. The third-order valence-electron chi connectivity index (χ3n) is 7.48. The first-order chi connectivity index (χ1) is 20.1. The highest BCUT2D eigenvalue weighted by molar-refractivity contribution is 6.09. The highest BCUT2D eigenvalue weighted by Crippen LogP contribution is 2.37. The van der Waals surface area contributed by atoms with E-state index in [1.54, 1.807) is 11.0 Å². The van der Waals surface area contributed by atoms with Gasteiger partial charge in [-0.2, -0.15) is 0 Å². The van der Waals surface area contributed by atoms with E-state index in [0.717, 1.165) is 61.6 Å². The molecule has 3 aromatic rings. The number of hydrogen-bond acceptors (Lipinski definition) is 9. The van der Waals surface area contributed by atoms with Crippen LogP contribution in [-0.2, 0) is 4.74 Å². The monoisotopic (exact) mass is 575 g/mol. The van der Waals surface area contributed by atoms with E-state index in [9.17, 15) is 9.59 Å². The molecule has 11 nitrogen and oxygen atoms in total. The van der Waals surface area contributed by atoms with Crippen LogP contribution < -0.4 is 26.0 Å². The first-order valence-corrected chi connectivity index (χ1v) is 14.7. The second kappa shape index (κ2) is 12.4. The Labute approximate surface area is 246 Å². The summed E-state index contributed by atoms with van der Waals surface area (Å²) in [7, 11) is 0. The fourth-order valence-corrected chi connectivity index (χ4v) is 5.55. The molecular weight excluding hydrogens is 534 g/mol. The molecule has 2 amide bonds. The van der Waals surface area contributed by atoms with Gasteiger partial charge in [0.25, 0.3) is 5.91 Å². The average Bonchev–Trinajstić information content (AvgIpc) is 2.97. The Balaban J connectivity index is 1.50. The van der Waals surface area contributed by atoms with E-state index in [1.165, 1.54) is 6.33 Å². The van der Waals surface area contributed by atoms with Gasteiger partial charge in [0, 0.05) is 68.0 Å². The van der Waals surface area contributed by atoms with E-state index in [4.69, 9.17) is 15.2 Å². The number of likely N-dealkylation sites (tertiary alicyclic amines) is 1. The molecule has 2 fully saturated rings. The van der Waals surface area contributed by atoms with Crippen molar-refractivity contribution in [3.63, 3.8) is 0 Å². The highest BCUT2D eigenvalue weighted by Gasteiger charge is 2.28. The molecule has 3 heterocycles. The van der Waals surface area contributed by atoms with Gasteiger partial charge in [-0.25, -0.2) is 14.8 Å². The lowest BCUT2D eigenvalue weighted by atomic mass is 9.97. The summed E-state index contributed by atoms with van der Waals surface area (Å²) in [5.41, 5.74) is 8.80. The van der Waals surface area contributed by atoms with E-state index in [0.29, 0.717) is 42.0 Å². The quantitative estimate of drug-likeness (QED) is 0.382. The Morgan fingerprint density at radius 2 is 1.90 bits per heavy atom. The number of ether oxygens (including phenoxy) is 2. The van der Waals surface area contributed by atoms with E-state index < -0.39 is 11.5 Å².